The minimum atomic E-state index is -1.21. The lowest BCUT2D eigenvalue weighted by Crippen LogP contribution is -2.65. The van der Waals surface area contributed by atoms with Crippen LogP contribution in [0.5, 0.6) is 0 Å². The lowest BCUT2D eigenvalue weighted by Gasteiger charge is -2.49. The van der Waals surface area contributed by atoms with E-state index >= 15 is 0 Å². The summed E-state index contributed by atoms with van der Waals surface area (Å²) >= 11 is 0. The number of rotatable bonds is 5. The Morgan fingerprint density at radius 1 is 1.36 bits per heavy atom. The summed E-state index contributed by atoms with van der Waals surface area (Å²) in [6.07, 6.45) is -4.16. The van der Waals surface area contributed by atoms with E-state index in [1.54, 1.807) is 13.8 Å². The average molecular weight is 320 g/mol. The molecule has 2 aliphatic rings. The van der Waals surface area contributed by atoms with Crippen LogP contribution in [0.1, 0.15) is 26.7 Å². The molecule has 0 aromatic heterocycles. The minimum Gasteiger partial charge on any atom is -0.466 e. The number of esters is 1. The maximum Gasteiger partial charge on any atom is 0.305 e. The second-order valence-electron chi connectivity index (χ2n) is 5.59. The molecule has 2 rings (SSSR count). The molecule has 2 N–H and O–H groups in total. The highest BCUT2D eigenvalue weighted by Gasteiger charge is 2.51. The molecule has 6 atom stereocenters. The van der Waals surface area contributed by atoms with Gasteiger partial charge in [-0.2, -0.15) is 0 Å². The second-order valence-corrected chi connectivity index (χ2v) is 5.59. The van der Waals surface area contributed by atoms with E-state index < -0.39 is 36.5 Å². The Bertz CT molecular complexity index is 387. The van der Waals surface area contributed by atoms with Crippen LogP contribution in [0.25, 0.3) is 0 Å². The zero-order valence-electron chi connectivity index (χ0n) is 13.1. The van der Waals surface area contributed by atoms with E-state index in [0.29, 0.717) is 6.61 Å². The van der Waals surface area contributed by atoms with Crippen molar-refractivity contribution in [3.05, 3.63) is 0 Å². The fraction of sp³-hybridized carbons (Fsp3) is 0.929. The van der Waals surface area contributed by atoms with Crippen LogP contribution < -0.4 is 0 Å². The van der Waals surface area contributed by atoms with Gasteiger partial charge in [0.15, 0.2) is 12.1 Å². The summed E-state index contributed by atoms with van der Waals surface area (Å²) in [5.41, 5.74) is 0. The highest BCUT2D eigenvalue weighted by Crippen LogP contribution is 2.34. The van der Waals surface area contributed by atoms with Crippen LogP contribution in [-0.4, -0.2) is 73.0 Å². The van der Waals surface area contributed by atoms with Crippen molar-refractivity contribution < 1.29 is 38.7 Å². The number of hydrogen-bond acceptors (Lipinski definition) is 8. The van der Waals surface area contributed by atoms with Gasteiger partial charge in [0.1, 0.15) is 24.4 Å². The summed E-state index contributed by atoms with van der Waals surface area (Å²) in [6, 6.07) is 0. The molecule has 0 bridgehead atoms. The second kappa shape index (κ2) is 7.20. The third-order valence-electron chi connectivity index (χ3n) is 3.90. The van der Waals surface area contributed by atoms with Crippen LogP contribution in [0, 0.1) is 0 Å². The fourth-order valence-corrected chi connectivity index (χ4v) is 2.65. The molecule has 8 nitrogen and oxygen atoms in total. The van der Waals surface area contributed by atoms with Gasteiger partial charge in [-0.3, -0.25) is 4.79 Å². The normalized spacial score (nSPS) is 41.8. The van der Waals surface area contributed by atoms with Gasteiger partial charge in [0, 0.05) is 13.5 Å². The molecule has 0 aromatic rings. The molecule has 2 heterocycles. The maximum absolute atomic E-state index is 11.4. The number of methoxy groups -OCH3 is 1. The van der Waals surface area contributed by atoms with Gasteiger partial charge in [0.2, 0.25) is 0 Å². The predicted molar refractivity (Wildman–Crippen MR) is 72.8 cm³/mol. The highest BCUT2D eigenvalue weighted by atomic mass is 16.8. The molecule has 8 heteroatoms. The average Bonchev–Trinajstić information content (AvgIpc) is 2.50. The van der Waals surface area contributed by atoms with Gasteiger partial charge in [-0.25, -0.2) is 0 Å². The molecule has 2 saturated heterocycles. The number of hydrogen-bond donors (Lipinski definition) is 2. The van der Waals surface area contributed by atoms with Gasteiger partial charge in [0.05, 0.1) is 19.6 Å². The standard InChI is InChI=1S/C14H24O8/c1-4-19-9(15)5-6-14(2)20-7-8-12(22-14)10(16)11(17)13(18-3)21-8/h8,10-13,16-17H,4-7H2,1-3H3/t8-,10-,11+,12-,13+,14?/m1/s1. The van der Waals surface area contributed by atoms with Crippen molar-refractivity contribution in [3.8, 4) is 0 Å². The monoisotopic (exact) mass is 320 g/mol. The lowest BCUT2D eigenvalue weighted by atomic mass is 9.96. The van der Waals surface area contributed by atoms with Crippen molar-refractivity contribution >= 4 is 5.97 Å². The third kappa shape index (κ3) is 3.76. The molecule has 128 valence electrons. The predicted octanol–water partition coefficient (Wildman–Crippen LogP) is -0.446. The first kappa shape index (κ1) is 17.6. The van der Waals surface area contributed by atoms with Crippen LogP contribution in [-0.2, 0) is 28.5 Å². The summed E-state index contributed by atoms with van der Waals surface area (Å²) in [4.78, 5) is 11.4. The van der Waals surface area contributed by atoms with E-state index in [4.69, 9.17) is 23.7 Å². The van der Waals surface area contributed by atoms with Crippen molar-refractivity contribution in [2.45, 2.75) is 63.2 Å². The number of carbonyl (C=O) groups excluding carboxylic acids is 1. The van der Waals surface area contributed by atoms with Gasteiger partial charge in [0.25, 0.3) is 0 Å². The van der Waals surface area contributed by atoms with Crippen molar-refractivity contribution in [2.75, 3.05) is 20.3 Å². The van der Waals surface area contributed by atoms with Gasteiger partial charge in [-0.15, -0.1) is 0 Å². The first-order valence-electron chi connectivity index (χ1n) is 7.42. The molecule has 0 aromatic carbocycles. The molecule has 0 radical (unpaired) electrons. The zero-order chi connectivity index (χ0) is 16.3. The number of aliphatic hydroxyl groups excluding tert-OH is 2. The molecule has 0 saturated carbocycles. The summed E-state index contributed by atoms with van der Waals surface area (Å²) in [7, 11) is 1.38. The highest BCUT2D eigenvalue weighted by molar-refractivity contribution is 5.69. The Hall–Kier alpha value is -0.770. The Morgan fingerprint density at radius 3 is 2.73 bits per heavy atom. The maximum atomic E-state index is 11.4. The van der Waals surface area contributed by atoms with E-state index in [0.717, 1.165) is 0 Å². The van der Waals surface area contributed by atoms with Crippen LogP contribution >= 0.6 is 0 Å². The number of ether oxygens (including phenoxy) is 5. The number of carbonyl (C=O) groups is 1. The van der Waals surface area contributed by atoms with Crippen LogP contribution in [0.2, 0.25) is 0 Å². The molecule has 1 unspecified atom stereocenters. The quantitative estimate of drug-likeness (QED) is 0.657. The van der Waals surface area contributed by atoms with E-state index in [1.807, 2.05) is 0 Å². The molecule has 0 spiro atoms. The summed E-state index contributed by atoms with van der Waals surface area (Å²) in [5, 5.41) is 20.1. The van der Waals surface area contributed by atoms with E-state index in [-0.39, 0.29) is 25.4 Å². The Kier molecular flexibility index (Phi) is 5.76. The first-order chi connectivity index (χ1) is 10.4. The van der Waals surface area contributed by atoms with E-state index in [2.05, 4.69) is 0 Å². The molecule has 2 fully saturated rings. The molecule has 0 amide bonds. The molecular formula is C14H24O8. The molecular weight excluding hydrogens is 296 g/mol. The van der Waals surface area contributed by atoms with Crippen molar-refractivity contribution in [1.29, 1.82) is 0 Å². The number of fused-ring (bicyclic) bond motifs is 1. The zero-order valence-corrected chi connectivity index (χ0v) is 13.1. The van der Waals surface area contributed by atoms with Crippen LogP contribution in [0.4, 0.5) is 0 Å². The summed E-state index contributed by atoms with van der Waals surface area (Å²) in [5.74, 6) is -1.38. The van der Waals surface area contributed by atoms with Crippen molar-refractivity contribution in [3.63, 3.8) is 0 Å². The van der Waals surface area contributed by atoms with Crippen molar-refractivity contribution in [1.82, 2.24) is 0 Å². The topological polar surface area (TPSA) is 104 Å². The smallest absolute Gasteiger partial charge is 0.305 e. The summed E-state index contributed by atoms with van der Waals surface area (Å²) < 4.78 is 26.8. The van der Waals surface area contributed by atoms with Crippen LogP contribution in [0.15, 0.2) is 0 Å². The first-order valence-corrected chi connectivity index (χ1v) is 7.42. The van der Waals surface area contributed by atoms with Gasteiger partial charge < -0.3 is 33.9 Å². The Labute approximate surface area is 129 Å². The lowest BCUT2D eigenvalue weighted by molar-refractivity contribution is -0.385. The van der Waals surface area contributed by atoms with Crippen LogP contribution in [0.3, 0.4) is 0 Å². The largest absolute Gasteiger partial charge is 0.466 e. The minimum absolute atomic E-state index is 0.141. The third-order valence-corrected chi connectivity index (χ3v) is 3.90. The Morgan fingerprint density at radius 2 is 2.09 bits per heavy atom. The van der Waals surface area contributed by atoms with Gasteiger partial charge in [-0.05, 0) is 13.8 Å². The summed E-state index contributed by atoms with van der Waals surface area (Å²) in [6.45, 7) is 3.91. The van der Waals surface area contributed by atoms with Gasteiger partial charge in [-0.1, -0.05) is 0 Å². The fourth-order valence-electron chi connectivity index (χ4n) is 2.65. The molecule has 22 heavy (non-hydrogen) atoms. The Balaban J connectivity index is 1.96. The van der Waals surface area contributed by atoms with Gasteiger partial charge >= 0.3 is 5.97 Å². The van der Waals surface area contributed by atoms with E-state index in [9.17, 15) is 15.0 Å². The molecule has 2 aliphatic heterocycles. The van der Waals surface area contributed by atoms with Crippen molar-refractivity contribution in [2.24, 2.45) is 0 Å². The molecule has 0 aliphatic carbocycles. The van der Waals surface area contributed by atoms with E-state index in [1.165, 1.54) is 7.11 Å². The number of aliphatic hydroxyl groups is 2. The SMILES string of the molecule is CCOC(=O)CCC1(C)OC[C@H]2O[C@H](OC)[C@@H](O)[C@@H](O)[C@@H]2O1.